The second-order valence-corrected chi connectivity index (χ2v) is 16.5. The van der Waals surface area contributed by atoms with Crippen molar-refractivity contribution in [3.8, 4) is 50.6 Å². The maximum atomic E-state index is 5.70. The highest BCUT2D eigenvalue weighted by Gasteiger charge is 2.20. The van der Waals surface area contributed by atoms with E-state index in [0.29, 0.717) is 0 Å². The van der Waals surface area contributed by atoms with Crippen LogP contribution in [0.3, 0.4) is 0 Å². The van der Waals surface area contributed by atoms with Crippen LogP contribution in [0.2, 0.25) is 0 Å². The van der Waals surface area contributed by atoms with E-state index in [1.165, 1.54) is 54.2 Å². The molecule has 3 nitrogen and oxygen atoms in total. The third-order valence-corrected chi connectivity index (χ3v) is 13.0. The normalized spacial score (nSPS) is 11.8. The number of hydrogen-bond acceptors (Lipinski definition) is 2. The lowest BCUT2D eigenvalue weighted by atomic mass is 9.87. The lowest BCUT2D eigenvalue weighted by Gasteiger charge is -2.19. The molecule has 0 saturated heterocycles. The molecule has 0 atom stereocenters. The first kappa shape index (κ1) is 35.4. The monoisotopic (exact) mass is 799 g/mol. The van der Waals surface area contributed by atoms with E-state index in [4.69, 9.17) is 9.97 Å². The van der Waals surface area contributed by atoms with Crippen LogP contribution < -0.4 is 0 Å². The average Bonchev–Trinajstić information content (AvgIpc) is 3.75. The van der Waals surface area contributed by atoms with Crippen molar-refractivity contribution in [3.05, 3.63) is 224 Å². The van der Waals surface area contributed by atoms with Gasteiger partial charge < -0.3 is 0 Å². The summed E-state index contributed by atoms with van der Waals surface area (Å²) in [5.41, 5.74) is 11.9. The summed E-state index contributed by atoms with van der Waals surface area (Å²) < 4.78 is 2.28. The van der Waals surface area contributed by atoms with Crippen molar-refractivity contribution in [2.45, 2.75) is 0 Å². The fourth-order valence-corrected chi connectivity index (χ4v) is 10.1. The Kier molecular flexibility index (Phi) is 7.91. The third kappa shape index (κ3) is 5.60. The molecule has 0 bridgehead atoms. The smallest absolute Gasteiger partial charge is 0.145 e. The van der Waals surface area contributed by atoms with Crippen LogP contribution in [0.15, 0.2) is 224 Å². The highest BCUT2D eigenvalue weighted by atomic mass is 15.1. The molecule has 13 aromatic rings. The van der Waals surface area contributed by atoms with Gasteiger partial charge in [-0.3, -0.25) is 4.57 Å². The molecule has 0 N–H and O–H groups in total. The Morgan fingerprint density at radius 1 is 0.302 bits per heavy atom. The lowest BCUT2D eigenvalue weighted by Crippen LogP contribution is -1.98. The Labute approximate surface area is 363 Å². The molecule has 0 spiro atoms. The minimum Gasteiger partial charge on any atom is -0.292 e. The minimum absolute atomic E-state index is 0.925. The fraction of sp³-hybridized carbons (Fsp3) is 0. The molecule has 11 aromatic carbocycles. The van der Waals surface area contributed by atoms with Gasteiger partial charge in [0.2, 0.25) is 0 Å². The average molecular weight is 800 g/mol. The second-order valence-electron chi connectivity index (χ2n) is 16.5. The van der Waals surface area contributed by atoms with Crippen molar-refractivity contribution in [1.29, 1.82) is 0 Å². The van der Waals surface area contributed by atoms with Crippen LogP contribution in [0, 0.1) is 0 Å². The van der Waals surface area contributed by atoms with Gasteiger partial charge in [-0.2, -0.15) is 0 Å². The summed E-state index contributed by atoms with van der Waals surface area (Å²) in [6, 6.07) is 81.2. The van der Waals surface area contributed by atoms with Crippen LogP contribution in [0.1, 0.15) is 0 Å². The van der Waals surface area contributed by atoms with Crippen LogP contribution in [-0.4, -0.2) is 14.5 Å². The molecular weight excluding hydrogens is 763 g/mol. The van der Waals surface area contributed by atoms with Crippen molar-refractivity contribution in [2.75, 3.05) is 0 Å². The van der Waals surface area contributed by atoms with Crippen LogP contribution in [0.25, 0.3) is 126 Å². The molecule has 0 aliphatic carbocycles. The predicted octanol–water partition coefficient (Wildman–Crippen LogP) is 16.0. The van der Waals surface area contributed by atoms with Gasteiger partial charge in [0, 0.05) is 27.6 Å². The fourth-order valence-electron chi connectivity index (χ4n) is 10.1. The van der Waals surface area contributed by atoms with Gasteiger partial charge in [0.1, 0.15) is 5.82 Å². The van der Waals surface area contributed by atoms with Crippen LogP contribution in [0.4, 0.5) is 0 Å². The van der Waals surface area contributed by atoms with Crippen LogP contribution in [-0.2, 0) is 0 Å². The quantitative estimate of drug-likeness (QED) is 0.162. The maximum absolute atomic E-state index is 5.70. The van der Waals surface area contributed by atoms with E-state index >= 15 is 0 Å². The van der Waals surface area contributed by atoms with E-state index in [-0.39, 0.29) is 0 Å². The van der Waals surface area contributed by atoms with Gasteiger partial charge in [-0.15, -0.1) is 0 Å². The maximum Gasteiger partial charge on any atom is 0.145 e. The number of rotatable bonds is 5. The van der Waals surface area contributed by atoms with Crippen molar-refractivity contribution in [1.82, 2.24) is 14.5 Å². The number of hydrogen-bond donors (Lipinski definition) is 0. The molecule has 0 aliphatic rings. The summed E-state index contributed by atoms with van der Waals surface area (Å²) in [6.45, 7) is 0. The van der Waals surface area contributed by atoms with Crippen LogP contribution >= 0.6 is 0 Å². The first-order valence-electron chi connectivity index (χ1n) is 21.6. The predicted molar refractivity (Wildman–Crippen MR) is 266 cm³/mol. The molecule has 0 saturated carbocycles. The largest absolute Gasteiger partial charge is 0.292 e. The lowest BCUT2D eigenvalue weighted by molar-refractivity contribution is 1.10. The summed E-state index contributed by atoms with van der Waals surface area (Å²) in [4.78, 5) is 10.8. The zero-order valence-electron chi connectivity index (χ0n) is 34.2. The Bertz CT molecular complexity index is 3960. The van der Waals surface area contributed by atoms with E-state index in [1.807, 2.05) is 0 Å². The second kappa shape index (κ2) is 14.1. The zero-order chi connectivity index (χ0) is 41.4. The van der Waals surface area contributed by atoms with Gasteiger partial charge in [-0.05, 0) is 119 Å². The van der Waals surface area contributed by atoms with E-state index in [9.17, 15) is 0 Å². The highest BCUT2D eigenvalue weighted by Crippen LogP contribution is 2.45. The summed E-state index contributed by atoms with van der Waals surface area (Å²) in [7, 11) is 0. The number of pyridine rings is 1. The van der Waals surface area contributed by atoms with E-state index in [2.05, 4.69) is 229 Å². The van der Waals surface area contributed by atoms with Crippen molar-refractivity contribution >= 4 is 75.8 Å². The number of nitrogens with zero attached hydrogens (tertiary/aromatic N) is 3. The Balaban J connectivity index is 1.09. The number of aromatic nitrogens is 3. The highest BCUT2D eigenvalue weighted by molar-refractivity contribution is 6.21. The first-order valence-corrected chi connectivity index (χ1v) is 21.6. The van der Waals surface area contributed by atoms with Crippen LogP contribution in [0.5, 0.6) is 0 Å². The molecule has 63 heavy (non-hydrogen) atoms. The summed E-state index contributed by atoms with van der Waals surface area (Å²) in [6.07, 6.45) is 0. The van der Waals surface area contributed by atoms with Gasteiger partial charge >= 0.3 is 0 Å². The number of fused-ring (bicyclic) bond motifs is 10. The number of para-hydroxylation sites is 2. The van der Waals surface area contributed by atoms with Gasteiger partial charge in [0.05, 0.1) is 22.2 Å². The Morgan fingerprint density at radius 3 is 1.49 bits per heavy atom. The van der Waals surface area contributed by atoms with Gasteiger partial charge in [-0.1, -0.05) is 176 Å². The van der Waals surface area contributed by atoms with E-state index in [0.717, 1.165) is 72.2 Å². The zero-order valence-corrected chi connectivity index (χ0v) is 34.2. The Hall–Kier alpha value is -8.40. The summed E-state index contributed by atoms with van der Waals surface area (Å²) in [5.74, 6) is 0.925. The standard InChI is InChI=1S/C60H37N3/c1-2-16-39(17-3-1)60-62-56-28-14-15-29-58(56)63(60)42-32-30-38(31-33-42)51-36-55-53(52-34-40-18-4-6-20-43(40)45-22-8-10-24-47(45)52)37-57(61-59(55)50-27-13-12-26-49(50)51)54-35-41-19-5-7-21-44(41)46-23-9-11-25-48(46)54/h1-37H. The number of imidazole rings is 1. The minimum atomic E-state index is 0.925. The SMILES string of the molecule is c1ccc(-c2nc3ccccc3n2-c2ccc(-c3cc4c(-c5cc6ccccc6c6ccccc56)cc(-c5cc6ccccc6c6ccccc56)nc4c4ccccc34)cc2)cc1. The van der Waals surface area contributed by atoms with E-state index in [1.54, 1.807) is 0 Å². The Morgan fingerprint density at radius 2 is 0.810 bits per heavy atom. The molecule has 0 amide bonds. The molecule has 2 heterocycles. The molecule has 3 heteroatoms. The number of benzene rings is 11. The topological polar surface area (TPSA) is 30.7 Å². The third-order valence-electron chi connectivity index (χ3n) is 13.0. The summed E-state index contributed by atoms with van der Waals surface area (Å²) in [5, 5.41) is 13.2. The van der Waals surface area contributed by atoms with Gasteiger partial charge in [-0.25, -0.2) is 9.97 Å². The molecule has 13 rings (SSSR count). The van der Waals surface area contributed by atoms with Gasteiger partial charge in [0.15, 0.2) is 0 Å². The van der Waals surface area contributed by atoms with E-state index < -0.39 is 0 Å². The molecule has 0 fully saturated rings. The van der Waals surface area contributed by atoms with Crippen molar-refractivity contribution < 1.29 is 0 Å². The molecule has 292 valence electrons. The summed E-state index contributed by atoms with van der Waals surface area (Å²) >= 11 is 0. The van der Waals surface area contributed by atoms with Crippen molar-refractivity contribution in [3.63, 3.8) is 0 Å². The molecule has 2 aromatic heterocycles. The van der Waals surface area contributed by atoms with Crippen molar-refractivity contribution in [2.24, 2.45) is 0 Å². The first-order chi connectivity index (χ1) is 31.2. The van der Waals surface area contributed by atoms with Gasteiger partial charge in [0.25, 0.3) is 0 Å². The molecule has 0 unspecified atom stereocenters. The molecule has 0 aliphatic heterocycles. The molecule has 0 radical (unpaired) electrons. The molecular formula is C60H37N3.